The molecule has 1 atom stereocenters. The Balaban J connectivity index is 2.46. The molecule has 0 bridgehead atoms. The van der Waals surface area contributed by atoms with E-state index < -0.39 is 6.10 Å². The molecule has 0 radical (unpaired) electrons. The molecule has 2 nitrogen and oxygen atoms in total. The molecule has 0 aromatic heterocycles. The second kappa shape index (κ2) is 7.08. The van der Waals surface area contributed by atoms with E-state index >= 15 is 0 Å². The van der Waals surface area contributed by atoms with Gasteiger partial charge in [-0.1, -0.05) is 58.5 Å². The van der Waals surface area contributed by atoms with Gasteiger partial charge < -0.3 is 9.84 Å². The topological polar surface area (TPSA) is 29.5 Å². The summed E-state index contributed by atoms with van der Waals surface area (Å²) in [5.41, 5.74) is 0.903. The van der Waals surface area contributed by atoms with Crippen LogP contribution in [0.25, 0.3) is 0 Å². The van der Waals surface area contributed by atoms with Crippen molar-refractivity contribution in [1.82, 2.24) is 0 Å². The zero-order valence-corrected chi connectivity index (χ0v) is 14.1. The Morgan fingerprint density at radius 2 is 1.71 bits per heavy atom. The second-order valence-electron chi connectivity index (χ2n) is 4.28. The van der Waals surface area contributed by atoms with Crippen LogP contribution in [0.2, 0.25) is 20.1 Å². The molecule has 2 aromatic rings. The van der Waals surface area contributed by atoms with Gasteiger partial charge >= 0.3 is 0 Å². The van der Waals surface area contributed by atoms with Crippen LogP contribution < -0.4 is 4.74 Å². The minimum Gasteiger partial charge on any atom is -0.492 e. The van der Waals surface area contributed by atoms with Crippen LogP contribution in [0.4, 0.5) is 0 Å². The van der Waals surface area contributed by atoms with Gasteiger partial charge in [0, 0.05) is 17.2 Å². The highest BCUT2D eigenvalue weighted by molar-refractivity contribution is 6.42. The fourth-order valence-corrected chi connectivity index (χ4v) is 2.81. The number of ether oxygens (including phenoxy) is 1. The van der Waals surface area contributed by atoms with Crippen molar-refractivity contribution in [3.05, 3.63) is 61.5 Å². The molecule has 0 spiro atoms. The summed E-state index contributed by atoms with van der Waals surface area (Å²) in [6, 6.07) is 8.17. The maximum absolute atomic E-state index is 10.5. The Kier molecular flexibility index (Phi) is 5.64. The molecule has 0 saturated heterocycles. The lowest BCUT2D eigenvalue weighted by Crippen LogP contribution is -2.03. The Morgan fingerprint density at radius 3 is 2.38 bits per heavy atom. The van der Waals surface area contributed by atoms with Gasteiger partial charge in [-0.15, -0.1) is 0 Å². The van der Waals surface area contributed by atoms with Gasteiger partial charge in [-0.3, -0.25) is 0 Å². The molecule has 0 aliphatic carbocycles. The predicted molar refractivity (Wildman–Crippen MR) is 88.2 cm³/mol. The SMILES string of the molecule is CCOc1cc(Cl)c(C(O)c2cccc(Cl)c2Cl)cc1Cl. The predicted octanol–water partition coefficient (Wildman–Crippen LogP) is 5.78. The monoisotopic (exact) mass is 364 g/mol. The van der Waals surface area contributed by atoms with Gasteiger partial charge in [0.05, 0.1) is 26.7 Å². The third kappa shape index (κ3) is 3.58. The quantitative estimate of drug-likeness (QED) is 0.743. The Hall–Kier alpha value is -0.640. The van der Waals surface area contributed by atoms with E-state index in [1.807, 2.05) is 6.92 Å². The van der Waals surface area contributed by atoms with Crippen molar-refractivity contribution in [1.29, 1.82) is 0 Å². The summed E-state index contributed by atoms with van der Waals surface area (Å²) in [4.78, 5) is 0. The standard InChI is InChI=1S/C15H12Cl4O2/c1-2-21-13-7-11(17)9(6-12(13)18)15(20)8-4-3-5-10(16)14(8)19/h3-7,15,20H,2H2,1H3. The summed E-state index contributed by atoms with van der Waals surface area (Å²) in [6.07, 6.45) is -1.03. The van der Waals surface area contributed by atoms with E-state index in [1.165, 1.54) is 0 Å². The van der Waals surface area contributed by atoms with E-state index in [1.54, 1.807) is 30.3 Å². The number of rotatable bonds is 4. The molecule has 2 aromatic carbocycles. The molecule has 0 aliphatic rings. The number of halogens is 4. The molecule has 0 saturated carbocycles. The number of aliphatic hydroxyl groups is 1. The van der Waals surface area contributed by atoms with Gasteiger partial charge in [0.1, 0.15) is 11.9 Å². The fourth-order valence-electron chi connectivity index (χ4n) is 1.92. The number of hydrogen-bond acceptors (Lipinski definition) is 2. The summed E-state index contributed by atoms with van der Waals surface area (Å²) < 4.78 is 5.36. The maximum Gasteiger partial charge on any atom is 0.139 e. The summed E-state index contributed by atoms with van der Waals surface area (Å²) >= 11 is 24.4. The summed E-state index contributed by atoms with van der Waals surface area (Å²) in [5.74, 6) is 0.470. The average Bonchev–Trinajstić information content (AvgIpc) is 2.45. The number of hydrogen-bond donors (Lipinski definition) is 1. The molecule has 0 fully saturated rings. The first-order chi connectivity index (χ1) is 9.95. The zero-order valence-electron chi connectivity index (χ0n) is 11.0. The molecular formula is C15H12Cl4O2. The maximum atomic E-state index is 10.5. The lowest BCUT2D eigenvalue weighted by atomic mass is 10.0. The largest absolute Gasteiger partial charge is 0.492 e. The molecule has 6 heteroatoms. The van der Waals surface area contributed by atoms with Crippen molar-refractivity contribution >= 4 is 46.4 Å². The van der Waals surface area contributed by atoms with Gasteiger partial charge in [0.2, 0.25) is 0 Å². The molecule has 1 N–H and O–H groups in total. The first kappa shape index (κ1) is 16.7. The zero-order chi connectivity index (χ0) is 15.6. The van der Waals surface area contributed by atoms with Crippen molar-refractivity contribution in [2.75, 3.05) is 6.61 Å². The van der Waals surface area contributed by atoms with E-state index in [2.05, 4.69) is 0 Å². The Labute approximate surface area is 143 Å². The average molecular weight is 366 g/mol. The fraction of sp³-hybridized carbons (Fsp3) is 0.200. The van der Waals surface area contributed by atoms with E-state index in [0.29, 0.717) is 38.6 Å². The molecule has 0 amide bonds. The molecular weight excluding hydrogens is 354 g/mol. The van der Waals surface area contributed by atoms with Gasteiger partial charge in [-0.2, -0.15) is 0 Å². The van der Waals surface area contributed by atoms with Crippen molar-refractivity contribution in [2.24, 2.45) is 0 Å². The summed E-state index contributed by atoms with van der Waals surface area (Å²) in [7, 11) is 0. The molecule has 21 heavy (non-hydrogen) atoms. The smallest absolute Gasteiger partial charge is 0.139 e. The van der Waals surface area contributed by atoms with E-state index in [4.69, 9.17) is 51.1 Å². The highest BCUT2D eigenvalue weighted by atomic mass is 35.5. The van der Waals surface area contributed by atoms with Crippen LogP contribution in [0.1, 0.15) is 24.2 Å². The van der Waals surface area contributed by atoms with Crippen LogP contribution in [0.5, 0.6) is 5.75 Å². The van der Waals surface area contributed by atoms with E-state index in [0.717, 1.165) is 0 Å². The lowest BCUT2D eigenvalue weighted by molar-refractivity contribution is 0.220. The lowest BCUT2D eigenvalue weighted by Gasteiger charge is -2.17. The third-order valence-electron chi connectivity index (χ3n) is 2.92. The third-order valence-corrected chi connectivity index (χ3v) is 4.38. The van der Waals surface area contributed by atoms with Crippen molar-refractivity contribution in [3.63, 3.8) is 0 Å². The van der Waals surface area contributed by atoms with Crippen molar-refractivity contribution in [2.45, 2.75) is 13.0 Å². The van der Waals surface area contributed by atoms with Gasteiger partial charge in [0.15, 0.2) is 0 Å². The van der Waals surface area contributed by atoms with E-state index in [-0.39, 0.29) is 5.02 Å². The molecule has 1 unspecified atom stereocenters. The second-order valence-corrected chi connectivity index (χ2v) is 5.88. The Morgan fingerprint density at radius 1 is 1.00 bits per heavy atom. The highest BCUT2D eigenvalue weighted by Crippen LogP contribution is 2.39. The van der Waals surface area contributed by atoms with Crippen molar-refractivity contribution < 1.29 is 9.84 Å². The number of benzene rings is 2. The first-order valence-corrected chi connectivity index (χ1v) is 7.70. The molecule has 2 rings (SSSR count). The van der Waals surface area contributed by atoms with Crippen LogP contribution in [-0.2, 0) is 0 Å². The normalized spacial score (nSPS) is 12.3. The van der Waals surface area contributed by atoms with Gasteiger partial charge in [0.25, 0.3) is 0 Å². The summed E-state index contributed by atoms with van der Waals surface area (Å²) in [5, 5.41) is 11.9. The Bertz CT molecular complexity index is 658. The van der Waals surface area contributed by atoms with Crippen LogP contribution in [-0.4, -0.2) is 11.7 Å². The van der Waals surface area contributed by atoms with Crippen molar-refractivity contribution in [3.8, 4) is 5.75 Å². The van der Waals surface area contributed by atoms with Crippen LogP contribution in [0.15, 0.2) is 30.3 Å². The molecule has 0 heterocycles. The van der Waals surface area contributed by atoms with E-state index in [9.17, 15) is 5.11 Å². The summed E-state index contributed by atoms with van der Waals surface area (Å²) in [6.45, 7) is 2.32. The van der Waals surface area contributed by atoms with Crippen LogP contribution >= 0.6 is 46.4 Å². The minimum atomic E-state index is -1.03. The first-order valence-electron chi connectivity index (χ1n) is 6.19. The van der Waals surface area contributed by atoms with Gasteiger partial charge in [-0.05, 0) is 19.1 Å². The van der Waals surface area contributed by atoms with Crippen LogP contribution in [0.3, 0.4) is 0 Å². The minimum absolute atomic E-state index is 0.285. The molecule has 0 aliphatic heterocycles. The van der Waals surface area contributed by atoms with Gasteiger partial charge in [-0.25, -0.2) is 0 Å². The molecule has 112 valence electrons. The van der Waals surface area contributed by atoms with Crippen LogP contribution in [0, 0.1) is 0 Å². The number of aliphatic hydroxyl groups excluding tert-OH is 1. The highest BCUT2D eigenvalue weighted by Gasteiger charge is 2.20.